The number of halogens is 1. The minimum absolute atomic E-state index is 0.914. The molecule has 6 heteroatoms. The van der Waals surface area contributed by atoms with Crippen LogP contribution in [0.3, 0.4) is 0 Å². The number of thiol groups is 1. The van der Waals surface area contributed by atoms with Gasteiger partial charge in [-0.1, -0.05) is 0 Å². The SMILES string of the molecule is NC(C(=O)O)C(S)C(=O)CF. The van der Waals surface area contributed by atoms with Gasteiger partial charge in [-0.3, -0.25) is 9.59 Å². The van der Waals surface area contributed by atoms with Gasteiger partial charge in [0.25, 0.3) is 0 Å². The number of alkyl halides is 1. The van der Waals surface area contributed by atoms with Gasteiger partial charge in [0.1, 0.15) is 12.7 Å². The highest BCUT2D eigenvalue weighted by molar-refractivity contribution is 7.82. The Bertz CT molecular complexity index is 175. The van der Waals surface area contributed by atoms with Crippen LogP contribution in [0.2, 0.25) is 0 Å². The molecule has 2 unspecified atom stereocenters. The molecule has 0 aliphatic carbocycles. The predicted molar refractivity (Wildman–Crippen MR) is 39.4 cm³/mol. The molecule has 0 bridgehead atoms. The summed E-state index contributed by atoms with van der Waals surface area (Å²) in [5.41, 5.74) is 4.97. The van der Waals surface area contributed by atoms with E-state index >= 15 is 0 Å². The van der Waals surface area contributed by atoms with Crippen LogP contribution in [0.25, 0.3) is 0 Å². The first kappa shape index (κ1) is 10.4. The van der Waals surface area contributed by atoms with Crippen molar-refractivity contribution >= 4 is 24.4 Å². The van der Waals surface area contributed by atoms with Gasteiger partial charge in [0.2, 0.25) is 0 Å². The summed E-state index contributed by atoms with van der Waals surface area (Å²) in [6.45, 7) is -1.24. The van der Waals surface area contributed by atoms with E-state index < -0.39 is 29.7 Å². The first-order valence-corrected chi connectivity index (χ1v) is 3.27. The minimum Gasteiger partial charge on any atom is -0.480 e. The number of Topliss-reactive ketones (excluding diaryl/α,β-unsaturated/α-hetero) is 1. The van der Waals surface area contributed by atoms with Gasteiger partial charge >= 0.3 is 5.97 Å². The maximum Gasteiger partial charge on any atom is 0.322 e. The molecule has 0 aromatic carbocycles. The number of hydrogen-bond acceptors (Lipinski definition) is 4. The van der Waals surface area contributed by atoms with Crippen LogP contribution in [0.4, 0.5) is 4.39 Å². The van der Waals surface area contributed by atoms with E-state index in [1.165, 1.54) is 0 Å². The number of carboxylic acids is 1. The summed E-state index contributed by atoms with van der Waals surface area (Å²) in [7, 11) is 0. The van der Waals surface area contributed by atoms with E-state index in [0.717, 1.165) is 0 Å². The zero-order valence-corrected chi connectivity index (χ0v) is 6.42. The summed E-state index contributed by atoms with van der Waals surface area (Å²) in [5.74, 6) is -2.28. The predicted octanol–water partition coefficient (Wildman–Crippen LogP) is -0.765. The second kappa shape index (κ2) is 4.30. The van der Waals surface area contributed by atoms with Crippen LogP contribution in [-0.2, 0) is 9.59 Å². The lowest BCUT2D eigenvalue weighted by molar-refractivity contribution is -0.140. The van der Waals surface area contributed by atoms with Crippen LogP contribution in [0.5, 0.6) is 0 Å². The van der Waals surface area contributed by atoms with Gasteiger partial charge in [0, 0.05) is 0 Å². The molecule has 0 rings (SSSR count). The number of carboxylic acid groups (broad SMARTS) is 1. The lowest BCUT2D eigenvalue weighted by Gasteiger charge is -2.11. The van der Waals surface area contributed by atoms with Gasteiger partial charge in [-0.25, -0.2) is 4.39 Å². The molecule has 0 aliphatic rings. The Morgan fingerprint density at radius 1 is 1.64 bits per heavy atom. The van der Waals surface area contributed by atoms with Gasteiger partial charge in [-0.2, -0.15) is 12.6 Å². The van der Waals surface area contributed by atoms with E-state index in [0.29, 0.717) is 0 Å². The Morgan fingerprint density at radius 2 is 2.09 bits per heavy atom. The van der Waals surface area contributed by atoms with Crippen molar-refractivity contribution in [1.82, 2.24) is 0 Å². The second-order valence-corrected chi connectivity index (χ2v) is 2.47. The van der Waals surface area contributed by atoms with Gasteiger partial charge in [-0.15, -0.1) is 0 Å². The smallest absolute Gasteiger partial charge is 0.322 e. The lowest BCUT2D eigenvalue weighted by Crippen LogP contribution is -2.43. The standard InChI is InChI=1S/C5H8FNO3S/c6-1-2(8)4(11)3(7)5(9)10/h3-4,11H,1,7H2,(H,9,10). The molecule has 64 valence electrons. The van der Waals surface area contributed by atoms with Crippen molar-refractivity contribution in [2.45, 2.75) is 11.3 Å². The monoisotopic (exact) mass is 181 g/mol. The zero-order chi connectivity index (χ0) is 9.02. The zero-order valence-electron chi connectivity index (χ0n) is 5.53. The molecule has 0 aromatic heterocycles. The van der Waals surface area contributed by atoms with Gasteiger partial charge in [0.05, 0.1) is 5.25 Å². The van der Waals surface area contributed by atoms with E-state index in [2.05, 4.69) is 12.6 Å². The second-order valence-electron chi connectivity index (χ2n) is 1.91. The molecule has 0 fully saturated rings. The molecule has 0 spiro atoms. The molecule has 0 aromatic rings. The third kappa shape index (κ3) is 2.85. The van der Waals surface area contributed by atoms with E-state index in [9.17, 15) is 14.0 Å². The fourth-order valence-electron chi connectivity index (χ4n) is 0.414. The molecule has 4 nitrogen and oxygen atoms in total. The Labute approximate surface area is 68.0 Å². The highest BCUT2D eigenvalue weighted by Crippen LogP contribution is 2.02. The highest BCUT2D eigenvalue weighted by Gasteiger charge is 2.26. The maximum absolute atomic E-state index is 11.6. The topological polar surface area (TPSA) is 80.4 Å². The normalized spacial score (nSPS) is 15.5. The summed E-state index contributed by atoms with van der Waals surface area (Å²) in [5, 5.41) is 6.98. The summed E-state index contributed by atoms with van der Waals surface area (Å²) in [6, 6.07) is -1.44. The molecule has 3 N–H and O–H groups in total. The number of ketones is 1. The molecular weight excluding hydrogens is 173 g/mol. The van der Waals surface area contributed by atoms with Crippen LogP contribution < -0.4 is 5.73 Å². The Hall–Kier alpha value is -0.620. The first-order chi connectivity index (χ1) is 5.00. The van der Waals surface area contributed by atoms with E-state index in [4.69, 9.17) is 10.8 Å². The molecule has 0 aliphatic heterocycles. The van der Waals surface area contributed by atoms with Crippen molar-refractivity contribution in [2.24, 2.45) is 5.73 Å². The van der Waals surface area contributed by atoms with Crippen molar-refractivity contribution < 1.29 is 19.1 Å². The molecule has 0 radical (unpaired) electrons. The fourth-order valence-corrected chi connectivity index (χ4v) is 0.611. The maximum atomic E-state index is 11.6. The van der Waals surface area contributed by atoms with Crippen LogP contribution in [0, 0.1) is 0 Å². The molecule has 2 atom stereocenters. The number of carbonyl (C=O) groups excluding carboxylic acids is 1. The average molecular weight is 181 g/mol. The van der Waals surface area contributed by atoms with Crippen LogP contribution >= 0.6 is 12.6 Å². The Balaban J connectivity index is 4.12. The van der Waals surface area contributed by atoms with Crippen molar-refractivity contribution in [2.75, 3.05) is 6.67 Å². The molecule has 0 saturated heterocycles. The number of carbonyl (C=O) groups is 2. The molecule has 0 saturated carbocycles. The summed E-state index contributed by atoms with van der Waals surface area (Å²) >= 11 is 3.54. The van der Waals surface area contributed by atoms with Crippen molar-refractivity contribution in [3.63, 3.8) is 0 Å². The van der Waals surface area contributed by atoms with Crippen molar-refractivity contribution in [1.29, 1.82) is 0 Å². The lowest BCUT2D eigenvalue weighted by atomic mass is 10.1. The fraction of sp³-hybridized carbons (Fsp3) is 0.600. The van der Waals surface area contributed by atoms with Crippen molar-refractivity contribution in [3.05, 3.63) is 0 Å². The van der Waals surface area contributed by atoms with Gasteiger partial charge in [-0.05, 0) is 0 Å². The number of hydrogen-bond donors (Lipinski definition) is 3. The first-order valence-electron chi connectivity index (χ1n) is 2.75. The number of aliphatic carboxylic acids is 1. The molecule has 0 amide bonds. The summed E-state index contributed by atoms with van der Waals surface area (Å²) < 4.78 is 11.6. The van der Waals surface area contributed by atoms with Crippen molar-refractivity contribution in [3.8, 4) is 0 Å². The largest absolute Gasteiger partial charge is 0.480 e. The minimum atomic E-state index is -1.44. The van der Waals surface area contributed by atoms with Crippen LogP contribution in [0.15, 0.2) is 0 Å². The van der Waals surface area contributed by atoms with E-state index in [1.807, 2.05) is 0 Å². The third-order valence-corrected chi connectivity index (χ3v) is 1.70. The van der Waals surface area contributed by atoms with Crippen LogP contribution in [-0.4, -0.2) is 34.8 Å². The average Bonchev–Trinajstić information content (AvgIpc) is 2.00. The molecule has 11 heavy (non-hydrogen) atoms. The van der Waals surface area contributed by atoms with Gasteiger partial charge in [0.15, 0.2) is 5.78 Å². The molecule has 0 heterocycles. The van der Waals surface area contributed by atoms with Gasteiger partial charge < -0.3 is 10.8 Å². The molecular formula is C5H8FNO3S. The number of nitrogens with two attached hydrogens (primary N) is 1. The summed E-state index contributed by atoms with van der Waals surface area (Å²) in [4.78, 5) is 20.6. The number of rotatable bonds is 4. The Morgan fingerprint density at radius 3 is 2.36 bits per heavy atom. The quantitative estimate of drug-likeness (QED) is 0.498. The van der Waals surface area contributed by atoms with E-state index in [-0.39, 0.29) is 0 Å². The Kier molecular flexibility index (Phi) is 4.06. The highest BCUT2D eigenvalue weighted by atomic mass is 32.1. The van der Waals surface area contributed by atoms with Crippen LogP contribution in [0.1, 0.15) is 0 Å². The third-order valence-electron chi connectivity index (χ3n) is 1.09. The summed E-state index contributed by atoms with van der Waals surface area (Å²) in [6.07, 6.45) is 0. The van der Waals surface area contributed by atoms with E-state index in [1.54, 1.807) is 0 Å².